The molecule has 96 valence electrons. The number of halogens is 1. The summed E-state index contributed by atoms with van der Waals surface area (Å²) in [5.74, 6) is 0.771. The molecule has 2 N–H and O–H groups in total. The molecule has 0 aliphatic carbocycles. The van der Waals surface area contributed by atoms with Crippen LogP contribution in [0.25, 0.3) is 0 Å². The van der Waals surface area contributed by atoms with Crippen LogP contribution in [-0.4, -0.2) is 26.2 Å². The van der Waals surface area contributed by atoms with Crippen molar-refractivity contribution in [1.29, 1.82) is 0 Å². The highest BCUT2D eigenvalue weighted by atomic mass is 79.9. The first kappa shape index (κ1) is 15.0. The van der Waals surface area contributed by atoms with Gasteiger partial charge in [-0.25, -0.2) is 8.42 Å². The molecule has 0 radical (unpaired) electrons. The molecule has 1 aromatic carbocycles. The first-order valence-corrected chi connectivity index (χ1v) is 8.99. The van der Waals surface area contributed by atoms with Crippen LogP contribution in [0.4, 0.5) is 0 Å². The summed E-state index contributed by atoms with van der Waals surface area (Å²) in [6.07, 6.45) is 1.25. The van der Waals surface area contributed by atoms with E-state index in [1.54, 1.807) is 0 Å². The van der Waals surface area contributed by atoms with Gasteiger partial charge in [-0.05, 0) is 24.6 Å². The third-order valence-electron chi connectivity index (χ3n) is 2.19. The van der Waals surface area contributed by atoms with Gasteiger partial charge in [-0.3, -0.25) is 0 Å². The molecule has 0 saturated carbocycles. The Balaban J connectivity index is 2.65. The normalized spacial score (nSPS) is 13.6. The summed E-state index contributed by atoms with van der Waals surface area (Å²) in [6, 6.07) is 5.90. The maximum atomic E-state index is 11.0. The lowest BCUT2D eigenvalue weighted by atomic mass is 10.1. The second kappa shape index (κ2) is 6.22. The molecular weight excluding hydrogens is 322 g/mol. The highest BCUT2D eigenvalue weighted by Crippen LogP contribution is 2.28. The predicted molar refractivity (Wildman–Crippen MR) is 77.2 cm³/mol. The molecule has 0 spiro atoms. The van der Waals surface area contributed by atoms with Gasteiger partial charge in [0.1, 0.15) is 9.84 Å². The summed E-state index contributed by atoms with van der Waals surface area (Å²) in [7, 11) is -2.88. The maximum absolute atomic E-state index is 11.0. The van der Waals surface area contributed by atoms with Crippen molar-refractivity contribution in [2.45, 2.75) is 17.9 Å². The van der Waals surface area contributed by atoms with Gasteiger partial charge in [-0.2, -0.15) is 0 Å². The number of sulfone groups is 1. The molecule has 1 rings (SSSR count). The average molecular weight is 338 g/mol. The van der Waals surface area contributed by atoms with Crippen LogP contribution in [0.5, 0.6) is 0 Å². The molecule has 0 aliphatic heterocycles. The molecule has 0 unspecified atom stereocenters. The lowest BCUT2D eigenvalue weighted by molar-refractivity contribution is 0.603. The van der Waals surface area contributed by atoms with Gasteiger partial charge in [-0.15, -0.1) is 11.8 Å². The average Bonchev–Trinajstić information content (AvgIpc) is 2.15. The number of benzene rings is 1. The molecule has 0 fully saturated rings. The van der Waals surface area contributed by atoms with E-state index in [0.29, 0.717) is 5.75 Å². The zero-order valence-corrected chi connectivity index (χ0v) is 13.0. The van der Waals surface area contributed by atoms with Gasteiger partial charge in [-0.1, -0.05) is 22.0 Å². The third-order valence-corrected chi connectivity index (χ3v) is 5.07. The number of thioether (sulfide) groups is 1. The van der Waals surface area contributed by atoms with E-state index in [2.05, 4.69) is 15.9 Å². The summed E-state index contributed by atoms with van der Waals surface area (Å²) in [6.45, 7) is 1.93. The Bertz CT molecular complexity index is 486. The first-order chi connectivity index (χ1) is 7.79. The lowest BCUT2D eigenvalue weighted by Crippen LogP contribution is -2.06. The van der Waals surface area contributed by atoms with E-state index in [-0.39, 0.29) is 11.8 Å². The van der Waals surface area contributed by atoms with Crippen LogP contribution in [0.3, 0.4) is 0 Å². The van der Waals surface area contributed by atoms with E-state index in [1.165, 1.54) is 18.0 Å². The minimum atomic E-state index is -2.88. The number of nitrogens with two attached hydrogens (primary N) is 1. The predicted octanol–water partition coefficient (Wildman–Crippen LogP) is 2.61. The molecule has 0 amide bonds. The van der Waals surface area contributed by atoms with E-state index in [1.807, 2.05) is 25.1 Å². The number of hydrogen-bond acceptors (Lipinski definition) is 4. The van der Waals surface area contributed by atoms with E-state index < -0.39 is 9.84 Å². The molecule has 0 bridgehead atoms. The fourth-order valence-corrected chi connectivity index (χ4v) is 4.31. The summed E-state index contributed by atoms with van der Waals surface area (Å²) in [4.78, 5) is 1.05. The molecule has 17 heavy (non-hydrogen) atoms. The summed E-state index contributed by atoms with van der Waals surface area (Å²) in [5.41, 5.74) is 6.86. The Labute approximate surface area is 115 Å². The van der Waals surface area contributed by atoms with Crippen molar-refractivity contribution < 1.29 is 8.42 Å². The summed E-state index contributed by atoms with van der Waals surface area (Å²) < 4.78 is 23.0. The van der Waals surface area contributed by atoms with Crippen LogP contribution in [0, 0.1) is 0 Å². The van der Waals surface area contributed by atoms with Crippen molar-refractivity contribution in [1.82, 2.24) is 0 Å². The van der Waals surface area contributed by atoms with Crippen LogP contribution in [-0.2, 0) is 9.84 Å². The van der Waals surface area contributed by atoms with Gasteiger partial charge in [0.15, 0.2) is 0 Å². The Morgan fingerprint density at radius 1 is 1.47 bits per heavy atom. The molecule has 0 saturated heterocycles. The van der Waals surface area contributed by atoms with Crippen molar-refractivity contribution in [3.05, 3.63) is 28.2 Å². The molecule has 0 heterocycles. The monoisotopic (exact) mass is 337 g/mol. The maximum Gasteiger partial charge on any atom is 0.148 e. The second-order valence-corrected chi connectivity index (χ2v) is 8.23. The van der Waals surface area contributed by atoms with Gasteiger partial charge in [0, 0.05) is 27.4 Å². The topological polar surface area (TPSA) is 60.2 Å². The quantitative estimate of drug-likeness (QED) is 0.839. The largest absolute Gasteiger partial charge is 0.324 e. The Hall–Kier alpha value is -0.0400. The Kier molecular flexibility index (Phi) is 5.50. The zero-order chi connectivity index (χ0) is 13.1. The molecule has 3 nitrogen and oxygen atoms in total. The van der Waals surface area contributed by atoms with Crippen LogP contribution in [0.15, 0.2) is 27.6 Å². The fraction of sp³-hybridized carbons (Fsp3) is 0.455. The van der Waals surface area contributed by atoms with Gasteiger partial charge >= 0.3 is 0 Å². The van der Waals surface area contributed by atoms with Crippen molar-refractivity contribution in [2.24, 2.45) is 5.73 Å². The van der Waals surface area contributed by atoms with E-state index >= 15 is 0 Å². The summed E-state index contributed by atoms with van der Waals surface area (Å²) in [5, 5.41) is 0. The minimum absolute atomic E-state index is 0.0144. The van der Waals surface area contributed by atoms with Crippen molar-refractivity contribution in [2.75, 3.05) is 17.8 Å². The minimum Gasteiger partial charge on any atom is -0.324 e. The molecule has 1 aromatic rings. The Morgan fingerprint density at radius 3 is 2.59 bits per heavy atom. The van der Waals surface area contributed by atoms with Crippen LogP contribution >= 0.6 is 27.7 Å². The number of rotatable bonds is 5. The number of hydrogen-bond donors (Lipinski definition) is 1. The Morgan fingerprint density at radius 2 is 2.12 bits per heavy atom. The molecule has 6 heteroatoms. The standard InChI is InChI=1S/C11H16BrNO2S2/c1-8(13)10-4-3-9(7-11(10)12)16-5-6-17(2,14)15/h3-4,7-8H,5-6,13H2,1-2H3/t8-/m1/s1. The van der Waals surface area contributed by atoms with Gasteiger partial charge in [0.2, 0.25) is 0 Å². The van der Waals surface area contributed by atoms with E-state index in [9.17, 15) is 8.42 Å². The smallest absolute Gasteiger partial charge is 0.148 e. The highest BCUT2D eigenvalue weighted by molar-refractivity contribution is 9.10. The van der Waals surface area contributed by atoms with Crippen molar-refractivity contribution in [3.63, 3.8) is 0 Å². The first-order valence-electron chi connectivity index (χ1n) is 5.15. The highest BCUT2D eigenvalue weighted by Gasteiger charge is 2.07. The van der Waals surface area contributed by atoms with E-state index in [0.717, 1.165) is 14.9 Å². The van der Waals surface area contributed by atoms with E-state index in [4.69, 9.17) is 5.73 Å². The second-order valence-electron chi connectivity index (χ2n) is 3.95. The third kappa shape index (κ3) is 5.42. The van der Waals surface area contributed by atoms with Crippen LogP contribution < -0.4 is 5.73 Å². The molecule has 1 atom stereocenters. The summed E-state index contributed by atoms with van der Waals surface area (Å²) >= 11 is 5.00. The molecule has 0 aromatic heterocycles. The molecular formula is C11H16BrNO2S2. The fourth-order valence-electron chi connectivity index (χ4n) is 1.28. The van der Waals surface area contributed by atoms with Crippen LogP contribution in [0.2, 0.25) is 0 Å². The van der Waals surface area contributed by atoms with Crippen LogP contribution in [0.1, 0.15) is 18.5 Å². The van der Waals surface area contributed by atoms with Crippen molar-refractivity contribution in [3.8, 4) is 0 Å². The van der Waals surface area contributed by atoms with Gasteiger partial charge in [0.25, 0.3) is 0 Å². The van der Waals surface area contributed by atoms with Gasteiger partial charge in [0.05, 0.1) is 5.75 Å². The SMILES string of the molecule is C[C@@H](N)c1ccc(SCCS(C)(=O)=O)cc1Br. The van der Waals surface area contributed by atoms with Gasteiger partial charge < -0.3 is 5.73 Å². The molecule has 0 aliphatic rings. The zero-order valence-electron chi connectivity index (χ0n) is 9.81. The lowest BCUT2D eigenvalue weighted by Gasteiger charge is -2.10. The van der Waals surface area contributed by atoms with Crippen molar-refractivity contribution >= 4 is 37.5 Å².